The lowest BCUT2D eigenvalue weighted by molar-refractivity contribution is 0.0576. The third kappa shape index (κ3) is 26.3. The number of amidine groups is 2. The van der Waals surface area contributed by atoms with Crippen molar-refractivity contribution in [1.29, 1.82) is 10.8 Å². The molecule has 0 unspecified atom stereocenters. The van der Waals surface area contributed by atoms with Gasteiger partial charge >= 0.3 is 0 Å². The molecule has 0 atom stereocenters. The molecule has 4 N–H and O–H groups in total. The Morgan fingerprint density at radius 3 is 1.26 bits per heavy atom. The lowest BCUT2D eigenvalue weighted by Crippen LogP contribution is -2.46. The van der Waals surface area contributed by atoms with Crippen LogP contribution in [0.5, 0.6) is 0 Å². The van der Waals surface area contributed by atoms with Gasteiger partial charge in [-0.05, 0) is 103 Å². The molecule has 0 aliphatic carbocycles. The molecule has 314 valence electrons. The predicted octanol–water partition coefficient (Wildman–Crippen LogP) is 9.32. The summed E-state index contributed by atoms with van der Waals surface area (Å²) in [5.74, 6) is 1.38. The number of hydrogen-bond acceptors (Lipinski definition) is 7. The Bertz CT molecular complexity index is 1180. The molecule has 0 amide bonds. The number of benzene rings is 2. The smallest absolute Gasteiger partial charge is 0.0926 e. The second kappa shape index (κ2) is 35.2. The van der Waals surface area contributed by atoms with Gasteiger partial charge in [-0.25, -0.2) is 0 Å². The van der Waals surface area contributed by atoms with Crippen LogP contribution in [-0.4, -0.2) is 136 Å². The maximum atomic E-state index is 7.40. The summed E-state index contributed by atoms with van der Waals surface area (Å²) in [6.45, 7) is 21.0. The number of hydrogen-bond donors (Lipinski definition) is 3. The number of piperazine rings is 2. The zero-order chi connectivity index (χ0) is 36.6. The Kier molecular flexibility index (Phi) is 39.0. The van der Waals surface area contributed by atoms with E-state index in [1.54, 1.807) is 13.3 Å². The minimum atomic E-state index is 0. The molecule has 9 heteroatoms. The van der Waals surface area contributed by atoms with Crippen LogP contribution in [0.2, 0.25) is 0 Å². The maximum Gasteiger partial charge on any atom is 0.0926 e. The Morgan fingerprint density at radius 1 is 0.611 bits per heavy atom. The number of allylic oxidation sites excluding steroid dienone is 1. The first-order valence-corrected chi connectivity index (χ1v) is 17.7. The molecule has 5 rings (SSSR count). The normalized spacial score (nSPS) is 15.9. The molecule has 0 radical (unpaired) electrons. The van der Waals surface area contributed by atoms with E-state index in [0.29, 0.717) is 17.8 Å². The molecule has 3 aliphatic rings. The molecular formula is C45H88N8O. The minimum absolute atomic E-state index is 0. The van der Waals surface area contributed by atoms with E-state index in [1.165, 1.54) is 48.4 Å². The van der Waals surface area contributed by atoms with Crippen molar-refractivity contribution < 1.29 is 4.74 Å². The standard InChI is InChI=1S/C10H12.C9H11N.C8H16N2O.C7H15N3.C6H14N2.5CH4/c1-3-6-10-8-5-4-7-9(10)2;1-8-4-2-3-5-9(8)6-7-10;1-7(9)10-5-3-8(11-2)4-6-10;1-7(8)10-5-3-9(2)4-6-10;1-7-3-5-8(2)6-4-7;;;;;/h3-8H,1-2H3;2-7H,10H2,1H3;8-9H,3-6H2,1-2H3;8H,3-6H2,1-2H3;3-6H2,1-2H3;5*1H4. The first-order valence-electron chi connectivity index (χ1n) is 17.7. The van der Waals surface area contributed by atoms with Gasteiger partial charge in [0.25, 0.3) is 0 Å². The van der Waals surface area contributed by atoms with E-state index in [-0.39, 0.29) is 37.1 Å². The van der Waals surface area contributed by atoms with Gasteiger partial charge in [-0.3, -0.25) is 10.8 Å². The summed E-state index contributed by atoms with van der Waals surface area (Å²) in [5, 5.41) is 14.8. The molecule has 3 fully saturated rings. The topological polar surface area (TPSA) is 99.2 Å². The van der Waals surface area contributed by atoms with Gasteiger partial charge in [0.1, 0.15) is 0 Å². The summed E-state index contributed by atoms with van der Waals surface area (Å²) in [4.78, 5) is 11.2. The van der Waals surface area contributed by atoms with Gasteiger partial charge in [0.05, 0.1) is 17.8 Å². The average Bonchev–Trinajstić information content (AvgIpc) is 3.10. The van der Waals surface area contributed by atoms with Crippen molar-refractivity contribution in [3.63, 3.8) is 0 Å². The van der Waals surface area contributed by atoms with Crippen LogP contribution >= 0.6 is 0 Å². The number of piperidine rings is 1. The number of ether oxygens (including phenoxy) is 1. The van der Waals surface area contributed by atoms with Gasteiger partial charge in [0.15, 0.2) is 0 Å². The lowest BCUT2D eigenvalue weighted by Gasteiger charge is -2.32. The Balaban J connectivity index is -0.000000182. The summed E-state index contributed by atoms with van der Waals surface area (Å²) in [7, 11) is 8.23. The molecule has 0 aromatic heterocycles. The maximum absolute atomic E-state index is 7.40. The van der Waals surface area contributed by atoms with Crippen molar-refractivity contribution in [3.8, 4) is 0 Å². The average molecular weight is 757 g/mol. The van der Waals surface area contributed by atoms with Crippen molar-refractivity contribution in [2.75, 3.05) is 93.7 Å². The quantitative estimate of drug-likeness (QED) is 0.212. The number of nitrogens with zero attached hydrogens (tertiary/aromatic N) is 5. The highest BCUT2D eigenvalue weighted by Crippen LogP contribution is 2.12. The molecule has 2 aromatic rings. The van der Waals surface area contributed by atoms with Crippen LogP contribution in [-0.2, 0) is 4.74 Å². The van der Waals surface area contributed by atoms with Crippen molar-refractivity contribution in [3.05, 3.63) is 83.1 Å². The second-order valence-corrected chi connectivity index (χ2v) is 13.1. The number of likely N-dealkylation sites (tertiary alicyclic amines) is 1. The van der Waals surface area contributed by atoms with Gasteiger partial charge in [-0.1, -0.05) is 97.8 Å². The number of nitrogens with two attached hydrogens (primary N) is 1. The summed E-state index contributed by atoms with van der Waals surface area (Å²) in [5.41, 5.74) is 10.3. The van der Waals surface area contributed by atoms with Crippen LogP contribution in [0.15, 0.2) is 60.8 Å². The molecule has 0 spiro atoms. The number of rotatable bonds is 3. The first kappa shape index (κ1) is 59.8. The number of aryl methyl sites for hydroxylation is 2. The molecular weight excluding hydrogens is 669 g/mol. The van der Waals surface area contributed by atoms with Gasteiger partial charge in [0.2, 0.25) is 0 Å². The number of likely N-dealkylation sites (N-methyl/N-ethyl adjacent to an activating group) is 3. The number of methoxy groups -OCH3 is 1. The van der Waals surface area contributed by atoms with E-state index in [1.807, 2.05) is 45.0 Å². The third-order valence-electron chi connectivity index (χ3n) is 8.95. The van der Waals surface area contributed by atoms with Gasteiger partial charge in [-0.2, -0.15) is 0 Å². The fourth-order valence-corrected chi connectivity index (χ4v) is 5.31. The first-order chi connectivity index (χ1) is 23.4. The van der Waals surface area contributed by atoms with E-state index >= 15 is 0 Å². The third-order valence-corrected chi connectivity index (χ3v) is 8.95. The molecule has 54 heavy (non-hydrogen) atoms. The van der Waals surface area contributed by atoms with Crippen molar-refractivity contribution in [1.82, 2.24) is 24.5 Å². The fourth-order valence-electron chi connectivity index (χ4n) is 5.31. The van der Waals surface area contributed by atoms with Crippen LogP contribution in [0, 0.1) is 24.7 Å². The van der Waals surface area contributed by atoms with Crippen molar-refractivity contribution in [2.24, 2.45) is 5.73 Å². The highest BCUT2D eigenvalue weighted by Gasteiger charge is 2.18. The van der Waals surface area contributed by atoms with E-state index in [0.717, 1.165) is 52.1 Å². The molecule has 0 saturated carbocycles. The van der Waals surface area contributed by atoms with Crippen LogP contribution in [0.1, 0.15) is 93.0 Å². The number of nitrogens with one attached hydrogen (secondary N) is 2. The lowest BCUT2D eigenvalue weighted by atomic mass is 10.1. The zero-order valence-electron chi connectivity index (χ0n) is 32.2. The monoisotopic (exact) mass is 757 g/mol. The van der Waals surface area contributed by atoms with E-state index in [2.05, 4.69) is 102 Å². The van der Waals surface area contributed by atoms with Crippen LogP contribution in [0.4, 0.5) is 0 Å². The Labute approximate surface area is 336 Å². The zero-order valence-corrected chi connectivity index (χ0v) is 32.2. The summed E-state index contributed by atoms with van der Waals surface area (Å²) >= 11 is 0. The van der Waals surface area contributed by atoms with E-state index < -0.39 is 0 Å². The molecule has 2 aromatic carbocycles. The van der Waals surface area contributed by atoms with E-state index in [4.69, 9.17) is 21.3 Å². The fraction of sp³-hybridized carbons (Fsp3) is 0.600. The predicted molar refractivity (Wildman–Crippen MR) is 246 cm³/mol. The Morgan fingerprint density at radius 2 is 0.944 bits per heavy atom. The molecule has 0 bridgehead atoms. The van der Waals surface area contributed by atoms with Crippen LogP contribution in [0.3, 0.4) is 0 Å². The van der Waals surface area contributed by atoms with Gasteiger partial charge in [-0.15, -0.1) is 0 Å². The highest BCUT2D eigenvalue weighted by molar-refractivity contribution is 5.76. The summed E-state index contributed by atoms with van der Waals surface area (Å²) in [6.07, 6.45) is 10.2. The second-order valence-electron chi connectivity index (χ2n) is 13.1. The van der Waals surface area contributed by atoms with Crippen LogP contribution in [0.25, 0.3) is 12.2 Å². The minimum Gasteiger partial charge on any atom is -0.405 e. The van der Waals surface area contributed by atoms with Crippen LogP contribution < -0.4 is 5.73 Å². The summed E-state index contributed by atoms with van der Waals surface area (Å²) in [6, 6.07) is 16.5. The Hall–Kier alpha value is -3.50. The molecule has 9 nitrogen and oxygen atoms in total. The van der Waals surface area contributed by atoms with Gasteiger partial charge < -0.3 is 35.0 Å². The highest BCUT2D eigenvalue weighted by atomic mass is 16.5. The molecule has 3 aliphatic heterocycles. The summed E-state index contributed by atoms with van der Waals surface area (Å²) < 4.78 is 5.22. The van der Waals surface area contributed by atoms with Gasteiger partial charge in [0, 0.05) is 72.6 Å². The largest absolute Gasteiger partial charge is 0.405 e. The van der Waals surface area contributed by atoms with Crippen molar-refractivity contribution >= 4 is 23.8 Å². The SMILES string of the molecule is C.C.C.C.C.CC(=N)N1CCN(C)CC1.CC=Cc1ccccc1C.CN1CCN(C)CC1.COC1CCN(C(C)=N)CC1.Cc1ccccc1C=CN. The van der Waals surface area contributed by atoms with Crippen molar-refractivity contribution in [2.45, 2.75) is 90.7 Å². The molecule has 3 heterocycles. The van der Waals surface area contributed by atoms with E-state index in [9.17, 15) is 0 Å². The molecule has 3 saturated heterocycles.